The zero-order valence-corrected chi connectivity index (χ0v) is 9.62. The lowest BCUT2D eigenvalue weighted by molar-refractivity contribution is -0.136. The van der Waals surface area contributed by atoms with E-state index in [-0.39, 0.29) is 6.54 Å². The molecule has 0 aliphatic carbocycles. The second-order valence-electron chi connectivity index (χ2n) is 3.54. The Bertz CT molecular complexity index is 455. The summed E-state index contributed by atoms with van der Waals surface area (Å²) in [4.78, 5) is 22.8. The van der Waals surface area contributed by atoms with Gasteiger partial charge in [-0.25, -0.2) is 0 Å². The molecule has 1 aromatic carbocycles. The molecule has 0 saturated heterocycles. The van der Waals surface area contributed by atoms with Gasteiger partial charge in [0.05, 0.1) is 11.4 Å². The molecule has 1 aromatic rings. The predicted octanol–water partition coefficient (Wildman–Crippen LogP) is 0.818. The van der Waals surface area contributed by atoms with Crippen LogP contribution in [0, 0.1) is 6.92 Å². The Labute approximate surface area is 99.7 Å². The highest BCUT2D eigenvalue weighted by Crippen LogP contribution is 2.19. The average molecular weight is 233 g/mol. The number of benzene rings is 1. The molecule has 0 aliphatic heterocycles. The van der Waals surface area contributed by atoms with Crippen LogP contribution in [0.15, 0.2) is 30.9 Å². The molecule has 5 nitrogen and oxygen atoms in total. The van der Waals surface area contributed by atoms with E-state index in [1.165, 1.54) is 6.08 Å². The van der Waals surface area contributed by atoms with Crippen molar-refractivity contribution in [2.75, 3.05) is 17.6 Å². The van der Waals surface area contributed by atoms with E-state index in [9.17, 15) is 9.59 Å². The Kier molecular flexibility index (Phi) is 4.28. The van der Waals surface area contributed by atoms with Gasteiger partial charge in [0.15, 0.2) is 0 Å². The highest BCUT2D eigenvalue weighted by Gasteiger charge is 2.13. The fraction of sp³-hybridized carbons (Fsp3) is 0.167. The van der Waals surface area contributed by atoms with Crippen molar-refractivity contribution in [3.63, 3.8) is 0 Å². The molecule has 0 spiro atoms. The van der Waals surface area contributed by atoms with E-state index in [0.717, 1.165) is 5.56 Å². The van der Waals surface area contributed by atoms with Crippen LogP contribution in [0.3, 0.4) is 0 Å². The summed E-state index contributed by atoms with van der Waals surface area (Å²) in [6, 6.07) is 5.20. The van der Waals surface area contributed by atoms with Crippen LogP contribution in [-0.2, 0) is 9.59 Å². The number of carbonyl (C=O) groups excluding carboxylic acids is 2. The minimum absolute atomic E-state index is 0.246. The van der Waals surface area contributed by atoms with Crippen molar-refractivity contribution in [3.8, 4) is 0 Å². The van der Waals surface area contributed by atoms with Gasteiger partial charge in [-0.05, 0) is 24.6 Å². The second-order valence-corrected chi connectivity index (χ2v) is 3.54. The summed E-state index contributed by atoms with van der Waals surface area (Å²) in [6.07, 6.45) is 1.49. The summed E-state index contributed by atoms with van der Waals surface area (Å²) in [5, 5.41) is 4.83. The molecule has 90 valence electrons. The van der Waals surface area contributed by atoms with Crippen LogP contribution in [0.2, 0.25) is 0 Å². The minimum atomic E-state index is -0.746. The Balaban J connectivity index is 2.70. The molecule has 17 heavy (non-hydrogen) atoms. The van der Waals surface area contributed by atoms with E-state index in [0.29, 0.717) is 11.4 Å². The van der Waals surface area contributed by atoms with Gasteiger partial charge < -0.3 is 16.4 Å². The number of hydrogen-bond donors (Lipinski definition) is 3. The highest BCUT2D eigenvalue weighted by atomic mass is 16.2. The minimum Gasteiger partial charge on any atom is -0.397 e. The number of rotatable bonds is 3. The van der Waals surface area contributed by atoms with E-state index >= 15 is 0 Å². The zero-order chi connectivity index (χ0) is 12.8. The monoisotopic (exact) mass is 233 g/mol. The summed E-state index contributed by atoms with van der Waals surface area (Å²) in [5.74, 6) is -1.46. The van der Waals surface area contributed by atoms with Crippen LogP contribution < -0.4 is 16.4 Å². The van der Waals surface area contributed by atoms with Crippen LogP contribution in [0.5, 0.6) is 0 Å². The van der Waals surface area contributed by atoms with E-state index < -0.39 is 11.8 Å². The van der Waals surface area contributed by atoms with E-state index in [1.54, 1.807) is 12.1 Å². The lowest BCUT2D eigenvalue weighted by Gasteiger charge is -2.08. The van der Waals surface area contributed by atoms with Gasteiger partial charge in [0.2, 0.25) is 0 Å². The first-order valence-electron chi connectivity index (χ1n) is 5.11. The third-order valence-electron chi connectivity index (χ3n) is 2.07. The third kappa shape index (κ3) is 3.64. The van der Waals surface area contributed by atoms with Crippen LogP contribution >= 0.6 is 0 Å². The van der Waals surface area contributed by atoms with Gasteiger partial charge in [0.1, 0.15) is 0 Å². The van der Waals surface area contributed by atoms with Crippen molar-refractivity contribution in [2.45, 2.75) is 6.92 Å². The molecule has 0 bridgehead atoms. The van der Waals surface area contributed by atoms with Gasteiger partial charge in [0.25, 0.3) is 0 Å². The van der Waals surface area contributed by atoms with Gasteiger partial charge in [-0.15, -0.1) is 6.58 Å². The standard InChI is InChI=1S/C12H15N3O2/c1-3-6-14-11(16)12(17)15-10-7-8(2)4-5-9(10)13/h3-5,7H,1,6,13H2,2H3,(H,14,16)(H,15,17). The predicted molar refractivity (Wildman–Crippen MR) is 67.4 cm³/mol. The number of carbonyl (C=O) groups is 2. The SMILES string of the molecule is C=CCNC(=O)C(=O)Nc1cc(C)ccc1N. The van der Waals surface area contributed by atoms with Gasteiger partial charge in [-0.2, -0.15) is 0 Å². The Morgan fingerprint density at radius 2 is 2.12 bits per heavy atom. The maximum Gasteiger partial charge on any atom is 0.313 e. The van der Waals surface area contributed by atoms with Crippen molar-refractivity contribution in [1.29, 1.82) is 0 Å². The maximum absolute atomic E-state index is 11.5. The molecule has 0 heterocycles. The first kappa shape index (κ1) is 12.8. The van der Waals surface area contributed by atoms with E-state index in [2.05, 4.69) is 17.2 Å². The van der Waals surface area contributed by atoms with E-state index in [4.69, 9.17) is 5.73 Å². The number of amides is 2. The molecule has 4 N–H and O–H groups in total. The van der Waals surface area contributed by atoms with Crippen molar-refractivity contribution >= 4 is 23.2 Å². The molecule has 2 amide bonds. The first-order valence-corrected chi connectivity index (χ1v) is 5.11. The Hall–Kier alpha value is -2.30. The number of aryl methyl sites for hydroxylation is 1. The lowest BCUT2D eigenvalue weighted by Crippen LogP contribution is -2.35. The molecule has 0 saturated carbocycles. The third-order valence-corrected chi connectivity index (χ3v) is 2.07. The fourth-order valence-electron chi connectivity index (χ4n) is 1.20. The quantitative estimate of drug-likeness (QED) is 0.410. The smallest absolute Gasteiger partial charge is 0.313 e. The summed E-state index contributed by atoms with van der Waals surface area (Å²) in [5.41, 5.74) is 7.47. The van der Waals surface area contributed by atoms with Crippen molar-refractivity contribution in [3.05, 3.63) is 36.4 Å². The largest absolute Gasteiger partial charge is 0.397 e. The molecule has 0 atom stereocenters. The Morgan fingerprint density at radius 1 is 1.41 bits per heavy atom. The van der Waals surface area contributed by atoms with E-state index in [1.807, 2.05) is 13.0 Å². The topological polar surface area (TPSA) is 84.2 Å². The van der Waals surface area contributed by atoms with Crippen LogP contribution in [-0.4, -0.2) is 18.4 Å². The summed E-state index contributed by atoms with van der Waals surface area (Å²) in [6.45, 7) is 5.55. The van der Waals surface area contributed by atoms with Gasteiger partial charge in [-0.3, -0.25) is 9.59 Å². The molecule has 0 aromatic heterocycles. The summed E-state index contributed by atoms with van der Waals surface area (Å²) >= 11 is 0. The molecular formula is C12H15N3O2. The maximum atomic E-state index is 11.5. The molecule has 0 fully saturated rings. The summed E-state index contributed by atoms with van der Waals surface area (Å²) in [7, 11) is 0. The van der Waals surface area contributed by atoms with Crippen LogP contribution in [0.1, 0.15) is 5.56 Å². The number of hydrogen-bond acceptors (Lipinski definition) is 3. The number of nitrogens with two attached hydrogens (primary N) is 1. The molecule has 0 radical (unpaired) electrons. The average Bonchev–Trinajstić information content (AvgIpc) is 2.30. The number of nitrogens with one attached hydrogen (secondary N) is 2. The molecule has 1 rings (SSSR count). The van der Waals surface area contributed by atoms with Gasteiger partial charge in [0, 0.05) is 6.54 Å². The van der Waals surface area contributed by atoms with Crippen LogP contribution in [0.25, 0.3) is 0 Å². The second kappa shape index (κ2) is 5.69. The zero-order valence-electron chi connectivity index (χ0n) is 9.62. The molecule has 5 heteroatoms. The van der Waals surface area contributed by atoms with Crippen molar-refractivity contribution in [1.82, 2.24) is 5.32 Å². The highest BCUT2D eigenvalue weighted by molar-refractivity contribution is 6.39. The first-order chi connectivity index (χ1) is 8.04. The van der Waals surface area contributed by atoms with Crippen molar-refractivity contribution < 1.29 is 9.59 Å². The lowest BCUT2D eigenvalue weighted by atomic mass is 10.2. The van der Waals surface area contributed by atoms with Gasteiger partial charge >= 0.3 is 11.8 Å². The van der Waals surface area contributed by atoms with Crippen LogP contribution in [0.4, 0.5) is 11.4 Å². The molecular weight excluding hydrogens is 218 g/mol. The van der Waals surface area contributed by atoms with Gasteiger partial charge in [-0.1, -0.05) is 12.1 Å². The Morgan fingerprint density at radius 3 is 2.76 bits per heavy atom. The number of nitrogen functional groups attached to an aromatic ring is 1. The molecule has 0 aliphatic rings. The fourth-order valence-corrected chi connectivity index (χ4v) is 1.20. The van der Waals surface area contributed by atoms with Crippen molar-refractivity contribution in [2.24, 2.45) is 0 Å². The normalized spacial score (nSPS) is 9.47. The molecule has 0 unspecified atom stereocenters. The summed E-state index contributed by atoms with van der Waals surface area (Å²) < 4.78 is 0. The number of anilines is 2.